The topological polar surface area (TPSA) is 0 Å². The molecule has 0 radical (unpaired) electrons. The molecule has 0 saturated carbocycles. The van der Waals surface area contributed by atoms with Gasteiger partial charge in [0.15, 0.2) is 0 Å². The van der Waals surface area contributed by atoms with Gasteiger partial charge in [-0.3, -0.25) is 0 Å². The Bertz CT molecular complexity index is 251. The predicted octanol–water partition coefficient (Wildman–Crippen LogP) is 9.56. The molecule has 0 fully saturated rings. The Kier molecular flexibility index (Phi) is 18.3. The third kappa shape index (κ3) is 14.3. The van der Waals surface area contributed by atoms with Gasteiger partial charge in [-0.25, -0.2) is 0 Å². The molecule has 150 valence electrons. The molecule has 0 aromatic heterocycles. The fourth-order valence-corrected chi connectivity index (χ4v) is 9.90. The summed E-state index contributed by atoms with van der Waals surface area (Å²) in [6.07, 6.45) is 22.1. The summed E-state index contributed by atoms with van der Waals surface area (Å²) in [6.45, 7) is 14.7. The van der Waals surface area contributed by atoms with E-state index in [0.717, 1.165) is 14.3 Å². The van der Waals surface area contributed by atoms with E-state index in [1.165, 1.54) is 83.5 Å². The van der Waals surface area contributed by atoms with Crippen molar-refractivity contribution in [3.05, 3.63) is 0 Å². The van der Waals surface area contributed by atoms with Gasteiger partial charge in [0.2, 0.25) is 0 Å². The van der Waals surface area contributed by atoms with Gasteiger partial charge in [0.1, 0.15) is 0 Å². The Morgan fingerprint density at radius 1 is 0.480 bits per heavy atom. The molecule has 1 heteroatoms. The lowest BCUT2D eigenvalue weighted by Gasteiger charge is -2.29. The Balaban J connectivity index is 4.19. The summed E-state index contributed by atoms with van der Waals surface area (Å²) >= 11 is -0.630. The zero-order chi connectivity index (χ0) is 18.9. The zero-order valence-electron chi connectivity index (χ0n) is 18.9. The first-order chi connectivity index (χ1) is 12.0. The lowest BCUT2D eigenvalue weighted by Crippen LogP contribution is -2.28. The summed E-state index contributed by atoms with van der Waals surface area (Å²) < 4.78 is 3.08. The van der Waals surface area contributed by atoms with Crippen molar-refractivity contribution in [2.45, 2.75) is 152 Å². The Morgan fingerprint density at radius 2 is 0.800 bits per heavy atom. The second-order valence-corrected chi connectivity index (χ2v) is 14.1. The molecule has 0 spiro atoms. The Labute approximate surface area is 166 Å². The van der Waals surface area contributed by atoms with Crippen molar-refractivity contribution in [2.75, 3.05) is 0 Å². The molecule has 25 heavy (non-hydrogen) atoms. The molecule has 0 nitrogen and oxygen atoms in total. The van der Waals surface area contributed by atoms with E-state index in [1.807, 2.05) is 0 Å². The van der Waals surface area contributed by atoms with Crippen molar-refractivity contribution >= 4 is 14.1 Å². The monoisotopic (exact) mass is 366 g/mol. The van der Waals surface area contributed by atoms with Crippen molar-refractivity contribution in [1.29, 1.82) is 0 Å². The van der Waals surface area contributed by atoms with Crippen LogP contribution < -0.4 is 0 Å². The minimum absolute atomic E-state index is 0.630. The summed E-state index contributed by atoms with van der Waals surface area (Å²) in [5, 5.41) is 0. The summed E-state index contributed by atoms with van der Waals surface area (Å²) in [7, 11) is 0. The van der Waals surface area contributed by atoms with Crippen LogP contribution in [-0.4, -0.2) is 14.1 Å². The molecule has 0 aliphatic heterocycles. The second-order valence-electron chi connectivity index (χ2n) is 9.29. The van der Waals surface area contributed by atoms with Crippen molar-refractivity contribution in [2.24, 2.45) is 0 Å². The highest BCUT2D eigenvalue weighted by atomic mass is 27.2. The number of hydrogen-bond acceptors (Lipinski definition) is 0. The molecule has 1 atom stereocenters. The van der Waals surface area contributed by atoms with Gasteiger partial charge in [-0.2, -0.15) is 0 Å². The third-order valence-electron chi connectivity index (χ3n) is 6.19. The predicted molar refractivity (Wildman–Crippen MR) is 120 cm³/mol. The van der Waals surface area contributed by atoms with Crippen molar-refractivity contribution in [3.8, 4) is 0 Å². The molecule has 0 saturated heterocycles. The molecule has 0 aromatic rings. The smallest absolute Gasteiger partial charge is 0.0873 e. The molecule has 0 rings (SSSR count). The third-order valence-corrected chi connectivity index (χ3v) is 11.0. The van der Waals surface area contributed by atoms with Gasteiger partial charge in [0, 0.05) is 0 Å². The fraction of sp³-hybridized carbons (Fsp3) is 1.00. The van der Waals surface area contributed by atoms with E-state index in [0.29, 0.717) is 0 Å². The van der Waals surface area contributed by atoms with Gasteiger partial charge < -0.3 is 0 Å². The molecule has 0 aromatic carbocycles. The molecule has 0 aliphatic carbocycles. The molecular weight excluding hydrogens is 315 g/mol. The van der Waals surface area contributed by atoms with Gasteiger partial charge >= 0.3 is 0 Å². The molecule has 1 unspecified atom stereocenters. The molecule has 0 N–H and O–H groups in total. The first-order valence-electron chi connectivity index (χ1n) is 12.0. The summed E-state index contributed by atoms with van der Waals surface area (Å²) in [5.74, 6) is 0. The van der Waals surface area contributed by atoms with Crippen LogP contribution >= 0.6 is 0 Å². The highest BCUT2D eigenvalue weighted by Gasteiger charge is 2.32. The number of unbranched alkanes of at least 4 members (excludes halogenated alkanes) is 11. The van der Waals surface area contributed by atoms with Gasteiger partial charge in [0.25, 0.3) is 14.1 Å². The Morgan fingerprint density at radius 3 is 1.12 bits per heavy atom. The zero-order valence-corrected chi connectivity index (χ0v) is 20.1. The van der Waals surface area contributed by atoms with Gasteiger partial charge in [0.05, 0.1) is 0 Å². The Hall–Kier alpha value is 0.532. The number of hydrogen-bond donors (Lipinski definition) is 0. The average Bonchev–Trinajstić information content (AvgIpc) is 2.56. The van der Waals surface area contributed by atoms with Crippen LogP contribution in [0.3, 0.4) is 0 Å². The summed E-state index contributed by atoms with van der Waals surface area (Å²) in [4.78, 5) is 0. The maximum absolute atomic E-state index is 2.52. The molecule has 0 amide bonds. The number of rotatable bonds is 18. The van der Waals surface area contributed by atoms with E-state index in [2.05, 4.69) is 41.5 Å². The largest absolute Gasteiger partial charge is 0.270 e. The van der Waals surface area contributed by atoms with E-state index in [9.17, 15) is 0 Å². The second kappa shape index (κ2) is 17.9. The molecule has 0 heterocycles. The maximum Gasteiger partial charge on any atom is 0.270 e. The standard InChI is InChI=1S/C18H37.2C3H7.Al/c1-3-5-7-9-11-13-15-17-18-16-14-12-10-8-6-4-2;2*1-3-2;/h17H,3-16,18H2,1-2H3;2*3H,1-2H3;. The highest BCUT2D eigenvalue weighted by Crippen LogP contribution is 2.37. The molecule has 0 bridgehead atoms. The van der Waals surface area contributed by atoms with Crippen LogP contribution in [0, 0.1) is 0 Å². The van der Waals surface area contributed by atoms with E-state index in [-0.39, 0.29) is 0 Å². The molecule has 0 aliphatic rings. The van der Waals surface area contributed by atoms with Gasteiger partial charge in [-0.1, -0.05) is 152 Å². The summed E-state index contributed by atoms with van der Waals surface area (Å²) in [6, 6.07) is 0. The minimum Gasteiger partial charge on any atom is -0.0873 e. The van der Waals surface area contributed by atoms with Crippen LogP contribution in [-0.2, 0) is 0 Å². The average molecular weight is 367 g/mol. The minimum atomic E-state index is -0.630. The quantitative estimate of drug-likeness (QED) is 0.167. The highest BCUT2D eigenvalue weighted by molar-refractivity contribution is 6.63. The van der Waals surface area contributed by atoms with Crippen molar-refractivity contribution in [3.63, 3.8) is 0 Å². The van der Waals surface area contributed by atoms with E-state index in [1.54, 1.807) is 12.8 Å². The van der Waals surface area contributed by atoms with E-state index >= 15 is 0 Å². The van der Waals surface area contributed by atoms with Gasteiger partial charge in [-0.15, -0.1) is 0 Å². The van der Waals surface area contributed by atoms with Crippen LogP contribution in [0.25, 0.3) is 0 Å². The van der Waals surface area contributed by atoms with Crippen molar-refractivity contribution in [1.82, 2.24) is 0 Å². The lowest BCUT2D eigenvalue weighted by molar-refractivity contribution is 0.521. The SMILES string of the molecule is CCCCCCCCC[CH](CCCCCCCC)[Al]([CH](C)C)[CH](C)C. The molecular formula is C24H51Al. The lowest BCUT2D eigenvalue weighted by atomic mass is 10.0. The summed E-state index contributed by atoms with van der Waals surface area (Å²) in [5.41, 5.74) is 0. The fourth-order valence-electron chi connectivity index (χ4n) is 4.94. The maximum atomic E-state index is 2.52. The van der Waals surface area contributed by atoms with Crippen molar-refractivity contribution < 1.29 is 0 Å². The first-order valence-corrected chi connectivity index (χ1v) is 14.0. The van der Waals surface area contributed by atoms with Crippen LogP contribution in [0.2, 0.25) is 14.3 Å². The van der Waals surface area contributed by atoms with Gasteiger partial charge in [-0.05, 0) is 0 Å². The van der Waals surface area contributed by atoms with Crippen LogP contribution in [0.1, 0.15) is 138 Å². The van der Waals surface area contributed by atoms with Crippen LogP contribution in [0.15, 0.2) is 0 Å². The van der Waals surface area contributed by atoms with E-state index in [4.69, 9.17) is 0 Å². The normalized spacial score (nSPS) is 13.0. The van der Waals surface area contributed by atoms with Crippen LogP contribution in [0.5, 0.6) is 0 Å². The first kappa shape index (κ1) is 25.5. The van der Waals surface area contributed by atoms with E-state index < -0.39 is 14.1 Å². The van der Waals surface area contributed by atoms with Crippen LogP contribution in [0.4, 0.5) is 0 Å².